The van der Waals surface area contributed by atoms with Gasteiger partial charge in [0.1, 0.15) is 12.2 Å². The van der Waals surface area contributed by atoms with Crippen molar-refractivity contribution >= 4 is 12.1 Å². The van der Waals surface area contributed by atoms with Gasteiger partial charge in [-0.25, -0.2) is 0 Å². The Morgan fingerprint density at radius 2 is 2.50 bits per heavy atom. The van der Waals surface area contributed by atoms with Crippen LogP contribution in [-0.2, 0) is 4.79 Å². The van der Waals surface area contributed by atoms with Gasteiger partial charge in [-0.3, -0.25) is 9.79 Å². The van der Waals surface area contributed by atoms with Crippen molar-refractivity contribution in [3.05, 3.63) is 24.4 Å². The van der Waals surface area contributed by atoms with E-state index in [-0.39, 0.29) is 24.2 Å². The summed E-state index contributed by atoms with van der Waals surface area (Å²) in [5.74, 6) is 0.109. The van der Waals surface area contributed by atoms with E-state index in [1.54, 1.807) is 6.21 Å². The smallest absolute Gasteiger partial charge is 0.243 e. The summed E-state index contributed by atoms with van der Waals surface area (Å²) in [5.41, 5.74) is 0. The van der Waals surface area contributed by atoms with Gasteiger partial charge < -0.3 is 10.2 Å². The molecule has 3 aliphatic rings. The fourth-order valence-corrected chi connectivity index (χ4v) is 2.20. The third kappa shape index (κ3) is 0.937. The maximum absolute atomic E-state index is 11.7. The Morgan fingerprint density at radius 1 is 1.57 bits per heavy atom. The van der Waals surface area contributed by atoms with Crippen molar-refractivity contribution in [3.63, 3.8) is 0 Å². The summed E-state index contributed by atoms with van der Waals surface area (Å²) in [7, 11) is 0. The number of carbonyl (C=O) groups excluding carboxylic acids is 1. The Hall–Kier alpha value is -1.58. The highest BCUT2D eigenvalue weighted by atomic mass is 16.2. The minimum Gasteiger partial charge on any atom is -0.344 e. The number of allylic oxidation sites excluding steroid dienone is 1. The Labute approximate surface area is 82.0 Å². The lowest BCUT2D eigenvalue weighted by Crippen LogP contribution is -2.61. The van der Waals surface area contributed by atoms with Crippen molar-refractivity contribution in [2.75, 3.05) is 0 Å². The van der Waals surface area contributed by atoms with E-state index in [1.807, 2.05) is 29.3 Å². The van der Waals surface area contributed by atoms with Crippen LogP contribution in [0.1, 0.15) is 6.42 Å². The summed E-state index contributed by atoms with van der Waals surface area (Å²) in [4.78, 5) is 18.1. The van der Waals surface area contributed by atoms with Crippen molar-refractivity contribution in [3.8, 4) is 0 Å². The maximum atomic E-state index is 11.7. The van der Waals surface area contributed by atoms with Gasteiger partial charge in [-0.2, -0.15) is 0 Å². The van der Waals surface area contributed by atoms with E-state index < -0.39 is 0 Å². The van der Waals surface area contributed by atoms with Crippen LogP contribution in [0.15, 0.2) is 29.4 Å². The third-order valence-corrected chi connectivity index (χ3v) is 2.88. The molecule has 3 atom stereocenters. The Kier molecular flexibility index (Phi) is 1.50. The van der Waals surface area contributed by atoms with Crippen LogP contribution in [0.25, 0.3) is 0 Å². The minimum absolute atomic E-state index is 0.0338. The molecule has 0 bridgehead atoms. The van der Waals surface area contributed by atoms with Crippen molar-refractivity contribution in [1.29, 1.82) is 0 Å². The van der Waals surface area contributed by atoms with Crippen molar-refractivity contribution in [1.82, 2.24) is 10.2 Å². The Bertz CT molecular complexity index is 358. The molecule has 0 saturated carbocycles. The highest BCUT2D eigenvalue weighted by molar-refractivity contribution is 5.85. The van der Waals surface area contributed by atoms with Crippen molar-refractivity contribution in [2.24, 2.45) is 4.99 Å². The maximum Gasteiger partial charge on any atom is 0.243 e. The standard InChI is InChI=1S/C10H11N3O/c14-10-8-4-2-6-13(8)9-7(12-10)3-1-5-11-9/h1-3,5-9H,4H2,(H,12,14). The lowest BCUT2D eigenvalue weighted by atomic mass is 10.0. The van der Waals surface area contributed by atoms with Gasteiger partial charge >= 0.3 is 0 Å². The van der Waals surface area contributed by atoms with Crippen molar-refractivity contribution < 1.29 is 4.79 Å². The summed E-state index contributed by atoms with van der Waals surface area (Å²) in [5, 5.41) is 2.97. The number of aliphatic imine (C=N–C) groups is 1. The molecule has 0 aliphatic carbocycles. The van der Waals surface area contributed by atoms with Crippen LogP contribution in [0.2, 0.25) is 0 Å². The van der Waals surface area contributed by atoms with E-state index in [4.69, 9.17) is 0 Å². The molecule has 0 aromatic heterocycles. The summed E-state index contributed by atoms with van der Waals surface area (Å²) >= 11 is 0. The van der Waals surface area contributed by atoms with Gasteiger partial charge in [0.05, 0.1) is 6.04 Å². The first-order valence-electron chi connectivity index (χ1n) is 4.81. The SMILES string of the molecule is O=C1NC2C=CC=NC2N2C=CCC12. The molecule has 3 rings (SSSR count). The van der Waals surface area contributed by atoms with Crippen LogP contribution in [0.5, 0.6) is 0 Å². The van der Waals surface area contributed by atoms with E-state index in [9.17, 15) is 4.79 Å². The number of fused-ring (bicyclic) bond motifs is 3. The number of carbonyl (C=O) groups is 1. The lowest BCUT2D eigenvalue weighted by molar-refractivity contribution is -0.129. The zero-order chi connectivity index (χ0) is 9.54. The molecule has 1 N–H and O–H groups in total. The van der Waals surface area contributed by atoms with Crippen LogP contribution < -0.4 is 5.32 Å². The Balaban J connectivity index is 1.96. The molecular formula is C10H11N3O. The molecule has 0 spiro atoms. The highest BCUT2D eigenvalue weighted by Crippen LogP contribution is 2.26. The largest absolute Gasteiger partial charge is 0.344 e. The predicted molar refractivity (Wildman–Crippen MR) is 52.7 cm³/mol. The number of nitrogens with one attached hydrogen (secondary N) is 1. The van der Waals surface area contributed by atoms with Gasteiger partial charge in [-0.05, 0) is 18.7 Å². The zero-order valence-electron chi connectivity index (χ0n) is 7.63. The summed E-state index contributed by atoms with van der Waals surface area (Å²) < 4.78 is 0. The number of hydrogen-bond acceptors (Lipinski definition) is 3. The summed E-state index contributed by atoms with van der Waals surface area (Å²) in [6.45, 7) is 0. The second kappa shape index (κ2) is 2.70. The topological polar surface area (TPSA) is 44.7 Å². The van der Waals surface area contributed by atoms with Gasteiger partial charge in [-0.15, -0.1) is 0 Å². The molecule has 3 unspecified atom stereocenters. The molecule has 0 aromatic carbocycles. The molecule has 0 aromatic rings. The molecule has 4 nitrogen and oxygen atoms in total. The van der Waals surface area contributed by atoms with Crippen LogP contribution in [0.3, 0.4) is 0 Å². The second-order valence-electron chi connectivity index (χ2n) is 3.71. The van der Waals surface area contributed by atoms with Gasteiger partial charge in [0.15, 0.2) is 0 Å². The van der Waals surface area contributed by atoms with Crippen LogP contribution in [0, 0.1) is 0 Å². The molecule has 1 amide bonds. The molecule has 14 heavy (non-hydrogen) atoms. The molecule has 4 heteroatoms. The fraction of sp³-hybridized carbons (Fsp3) is 0.400. The zero-order valence-corrected chi connectivity index (χ0v) is 7.63. The molecular weight excluding hydrogens is 178 g/mol. The van der Waals surface area contributed by atoms with Gasteiger partial charge in [0, 0.05) is 6.21 Å². The lowest BCUT2D eigenvalue weighted by Gasteiger charge is -2.41. The summed E-state index contributed by atoms with van der Waals surface area (Å²) in [6.07, 6.45) is 10.5. The third-order valence-electron chi connectivity index (χ3n) is 2.88. The molecule has 3 aliphatic heterocycles. The van der Waals surface area contributed by atoms with Crippen LogP contribution >= 0.6 is 0 Å². The highest BCUT2D eigenvalue weighted by Gasteiger charge is 2.40. The number of nitrogens with zero attached hydrogens (tertiary/aromatic N) is 2. The first kappa shape index (κ1) is 7.79. The first-order valence-corrected chi connectivity index (χ1v) is 4.81. The van der Waals surface area contributed by atoms with E-state index in [2.05, 4.69) is 10.3 Å². The van der Waals surface area contributed by atoms with Gasteiger partial charge in [-0.1, -0.05) is 12.2 Å². The number of amides is 1. The van der Waals surface area contributed by atoms with E-state index in [0.717, 1.165) is 6.42 Å². The van der Waals surface area contributed by atoms with E-state index in [1.165, 1.54) is 0 Å². The van der Waals surface area contributed by atoms with Gasteiger partial charge in [0.2, 0.25) is 5.91 Å². The van der Waals surface area contributed by atoms with Crippen LogP contribution in [-0.4, -0.2) is 35.3 Å². The average Bonchev–Trinajstić information content (AvgIpc) is 2.67. The fourth-order valence-electron chi connectivity index (χ4n) is 2.20. The van der Waals surface area contributed by atoms with Gasteiger partial charge in [0.25, 0.3) is 0 Å². The number of rotatable bonds is 0. The number of piperazine rings is 1. The average molecular weight is 189 g/mol. The van der Waals surface area contributed by atoms with Crippen molar-refractivity contribution in [2.45, 2.75) is 24.7 Å². The second-order valence-corrected chi connectivity index (χ2v) is 3.71. The molecule has 0 radical (unpaired) electrons. The molecule has 1 saturated heterocycles. The molecule has 3 heterocycles. The monoisotopic (exact) mass is 189 g/mol. The van der Waals surface area contributed by atoms with Crippen LogP contribution in [0.4, 0.5) is 0 Å². The predicted octanol–water partition coefficient (Wildman–Crippen LogP) is 0.0395. The quantitative estimate of drug-likeness (QED) is 0.584. The molecule has 72 valence electrons. The number of hydrogen-bond donors (Lipinski definition) is 1. The minimum atomic E-state index is -0.0418. The normalized spacial score (nSPS) is 38.1. The van der Waals surface area contributed by atoms with E-state index in [0.29, 0.717) is 0 Å². The summed E-state index contributed by atoms with van der Waals surface area (Å²) in [6, 6.07) is -0.00796. The Morgan fingerprint density at radius 3 is 3.43 bits per heavy atom. The number of dihydropyridines is 1. The first-order chi connectivity index (χ1) is 6.86. The van der Waals surface area contributed by atoms with E-state index >= 15 is 0 Å². The molecule has 1 fully saturated rings.